The Morgan fingerprint density at radius 1 is 1.52 bits per heavy atom. The van der Waals surface area contributed by atoms with Crippen molar-refractivity contribution in [3.05, 3.63) is 41.2 Å². The van der Waals surface area contributed by atoms with E-state index in [0.717, 1.165) is 17.3 Å². The lowest BCUT2D eigenvalue weighted by molar-refractivity contribution is -0.119. The van der Waals surface area contributed by atoms with Gasteiger partial charge < -0.3 is 9.88 Å². The summed E-state index contributed by atoms with van der Waals surface area (Å²) in [6, 6.07) is 7.40. The zero-order valence-corrected chi connectivity index (χ0v) is 13.5. The SMILES string of the molecule is CCn1cnnc1SCC(=O)N[C@@H](C)c1cccc(Cl)c1. The number of halogens is 1. The van der Waals surface area contributed by atoms with E-state index in [9.17, 15) is 4.79 Å². The first-order valence-electron chi connectivity index (χ1n) is 6.65. The van der Waals surface area contributed by atoms with Crippen LogP contribution < -0.4 is 5.32 Å². The number of nitrogens with zero attached hydrogens (tertiary/aromatic N) is 3. The molecule has 0 saturated heterocycles. The summed E-state index contributed by atoms with van der Waals surface area (Å²) in [5, 5.41) is 12.2. The van der Waals surface area contributed by atoms with E-state index in [0.29, 0.717) is 10.8 Å². The molecule has 21 heavy (non-hydrogen) atoms. The summed E-state index contributed by atoms with van der Waals surface area (Å²) in [5.41, 5.74) is 0.984. The van der Waals surface area contributed by atoms with Crippen molar-refractivity contribution in [3.63, 3.8) is 0 Å². The van der Waals surface area contributed by atoms with Crippen molar-refractivity contribution in [3.8, 4) is 0 Å². The zero-order chi connectivity index (χ0) is 15.2. The topological polar surface area (TPSA) is 59.8 Å². The first kappa shape index (κ1) is 15.9. The average molecular weight is 325 g/mol. The molecule has 0 bridgehead atoms. The van der Waals surface area contributed by atoms with Crippen LogP contribution in [0.2, 0.25) is 5.02 Å². The Morgan fingerprint density at radius 3 is 3.05 bits per heavy atom. The molecule has 1 amide bonds. The lowest BCUT2D eigenvalue weighted by atomic mass is 10.1. The summed E-state index contributed by atoms with van der Waals surface area (Å²) in [6.07, 6.45) is 1.66. The molecule has 0 radical (unpaired) electrons. The lowest BCUT2D eigenvalue weighted by Crippen LogP contribution is -2.28. The second-order valence-electron chi connectivity index (χ2n) is 4.53. The van der Waals surface area contributed by atoms with Gasteiger partial charge in [0.2, 0.25) is 5.91 Å². The summed E-state index contributed by atoms with van der Waals surface area (Å²) in [7, 11) is 0. The van der Waals surface area contributed by atoms with Gasteiger partial charge in [-0.1, -0.05) is 35.5 Å². The Hall–Kier alpha value is -1.53. The number of benzene rings is 1. The van der Waals surface area contributed by atoms with Crippen LogP contribution in [0.25, 0.3) is 0 Å². The van der Waals surface area contributed by atoms with Crippen molar-refractivity contribution in [2.75, 3.05) is 5.75 Å². The van der Waals surface area contributed by atoms with Crippen LogP contribution in [0, 0.1) is 0 Å². The third kappa shape index (κ3) is 4.47. The van der Waals surface area contributed by atoms with Crippen LogP contribution in [0.1, 0.15) is 25.5 Å². The largest absolute Gasteiger partial charge is 0.349 e. The van der Waals surface area contributed by atoms with Crippen molar-refractivity contribution in [2.24, 2.45) is 0 Å². The van der Waals surface area contributed by atoms with E-state index in [1.165, 1.54) is 11.8 Å². The summed E-state index contributed by atoms with van der Waals surface area (Å²) in [4.78, 5) is 12.0. The predicted molar refractivity (Wildman–Crippen MR) is 84.4 cm³/mol. The first-order valence-corrected chi connectivity index (χ1v) is 8.02. The third-order valence-corrected chi connectivity index (χ3v) is 4.20. The van der Waals surface area contributed by atoms with Crippen molar-refractivity contribution in [1.82, 2.24) is 20.1 Å². The minimum absolute atomic E-state index is 0.0434. The number of aromatic nitrogens is 3. The van der Waals surface area contributed by atoms with E-state index in [4.69, 9.17) is 11.6 Å². The van der Waals surface area contributed by atoms with E-state index < -0.39 is 0 Å². The highest BCUT2D eigenvalue weighted by atomic mass is 35.5. The highest BCUT2D eigenvalue weighted by Gasteiger charge is 2.12. The summed E-state index contributed by atoms with van der Waals surface area (Å²) >= 11 is 7.33. The van der Waals surface area contributed by atoms with E-state index >= 15 is 0 Å². The highest BCUT2D eigenvalue weighted by molar-refractivity contribution is 7.99. The van der Waals surface area contributed by atoms with Crippen LogP contribution >= 0.6 is 23.4 Å². The van der Waals surface area contributed by atoms with Gasteiger partial charge in [-0.2, -0.15) is 0 Å². The molecule has 0 aliphatic rings. The van der Waals surface area contributed by atoms with Gasteiger partial charge in [0.25, 0.3) is 0 Å². The molecule has 2 aromatic rings. The van der Waals surface area contributed by atoms with Crippen LogP contribution in [0.3, 0.4) is 0 Å². The number of aryl methyl sites for hydroxylation is 1. The molecule has 2 rings (SSSR count). The van der Waals surface area contributed by atoms with Crippen molar-refractivity contribution >= 4 is 29.3 Å². The number of carbonyl (C=O) groups is 1. The Labute approximate surface area is 133 Å². The second-order valence-corrected chi connectivity index (χ2v) is 5.91. The number of amides is 1. The fourth-order valence-electron chi connectivity index (χ4n) is 1.85. The van der Waals surface area contributed by atoms with Crippen LogP contribution in [0.4, 0.5) is 0 Å². The fraction of sp³-hybridized carbons (Fsp3) is 0.357. The Kier molecular flexibility index (Phi) is 5.64. The average Bonchev–Trinajstić information content (AvgIpc) is 2.92. The lowest BCUT2D eigenvalue weighted by Gasteiger charge is -2.14. The highest BCUT2D eigenvalue weighted by Crippen LogP contribution is 2.18. The van der Waals surface area contributed by atoms with Gasteiger partial charge in [0.15, 0.2) is 5.16 Å². The molecule has 0 fully saturated rings. The number of thioether (sulfide) groups is 1. The number of hydrogen-bond donors (Lipinski definition) is 1. The first-order chi connectivity index (χ1) is 10.1. The third-order valence-electron chi connectivity index (χ3n) is 2.98. The monoisotopic (exact) mass is 324 g/mol. The molecular weight excluding hydrogens is 308 g/mol. The van der Waals surface area contributed by atoms with Crippen LogP contribution in [-0.2, 0) is 11.3 Å². The fourth-order valence-corrected chi connectivity index (χ4v) is 2.83. The Bertz CT molecular complexity index is 617. The van der Waals surface area contributed by atoms with Gasteiger partial charge >= 0.3 is 0 Å². The molecule has 7 heteroatoms. The molecule has 1 aromatic carbocycles. The van der Waals surface area contributed by atoms with Crippen LogP contribution in [-0.4, -0.2) is 26.4 Å². The van der Waals surface area contributed by atoms with Gasteiger partial charge in [-0.3, -0.25) is 4.79 Å². The van der Waals surface area contributed by atoms with Gasteiger partial charge in [0.05, 0.1) is 11.8 Å². The molecule has 112 valence electrons. The summed E-state index contributed by atoms with van der Waals surface area (Å²) in [6.45, 7) is 4.73. The predicted octanol–water partition coefficient (Wildman–Crippen LogP) is 2.92. The van der Waals surface area contributed by atoms with Crippen molar-refractivity contribution in [1.29, 1.82) is 0 Å². The Balaban J connectivity index is 1.87. The van der Waals surface area contributed by atoms with E-state index in [1.807, 2.05) is 42.7 Å². The van der Waals surface area contributed by atoms with E-state index in [-0.39, 0.29) is 11.9 Å². The molecule has 1 atom stereocenters. The molecule has 0 spiro atoms. The van der Waals surface area contributed by atoms with Gasteiger partial charge in [-0.05, 0) is 31.5 Å². The van der Waals surface area contributed by atoms with Crippen LogP contribution in [0.5, 0.6) is 0 Å². The number of hydrogen-bond acceptors (Lipinski definition) is 4. The maximum Gasteiger partial charge on any atom is 0.230 e. The smallest absolute Gasteiger partial charge is 0.230 e. The quantitative estimate of drug-likeness (QED) is 0.830. The van der Waals surface area contributed by atoms with Gasteiger partial charge in [0, 0.05) is 11.6 Å². The molecule has 0 saturated carbocycles. The van der Waals surface area contributed by atoms with Gasteiger partial charge in [-0.25, -0.2) is 0 Å². The van der Waals surface area contributed by atoms with Gasteiger partial charge in [0.1, 0.15) is 6.33 Å². The van der Waals surface area contributed by atoms with Crippen molar-refractivity contribution in [2.45, 2.75) is 31.6 Å². The maximum absolute atomic E-state index is 12.0. The minimum Gasteiger partial charge on any atom is -0.349 e. The van der Waals surface area contributed by atoms with Gasteiger partial charge in [-0.15, -0.1) is 10.2 Å². The van der Waals surface area contributed by atoms with E-state index in [2.05, 4.69) is 15.5 Å². The normalized spacial score (nSPS) is 12.1. The molecule has 0 aliphatic heterocycles. The zero-order valence-electron chi connectivity index (χ0n) is 11.9. The molecule has 5 nitrogen and oxygen atoms in total. The molecular formula is C14H17ClN4OS. The van der Waals surface area contributed by atoms with Crippen molar-refractivity contribution < 1.29 is 4.79 Å². The Morgan fingerprint density at radius 2 is 2.33 bits per heavy atom. The maximum atomic E-state index is 12.0. The standard InChI is InChI=1S/C14H17ClN4OS/c1-3-19-9-16-18-14(19)21-8-13(20)17-10(2)11-5-4-6-12(15)7-11/h4-7,9-10H,3,8H2,1-2H3,(H,17,20)/t10-/m0/s1. The summed E-state index contributed by atoms with van der Waals surface area (Å²) < 4.78 is 1.90. The molecule has 1 aromatic heterocycles. The molecule has 0 aliphatic carbocycles. The molecule has 1 heterocycles. The van der Waals surface area contributed by atoms with Crippen LogP contribution in [0.15, 0.2) is 35.7 Å². The molecule has 1 N–H and O–H groups in total. The summed E-state index contributed by atoms with van der Waals surface area (Å²) in [5.74, 6) is 0.266. The molecule has 0 unspecified atom stereocenters. The number of rotatable bonds is 6. The number of carbonyl (C=O) groups excluding carboxylic acids is 1. The second kappa shape index (κ2) is 7.47. The van der Waals surface area contributed by atoms with E-state index in [1.54, 1.807) is 6.33 Å². The number of nitrogens with one attached hydrogen (secondary N) is 1. The minimum atomic E-state index is -0.0826.